The topological polar surface area (TPSA) is 15.3 Å². The second-order valence-electron chi connectivity index (χ2n) is 5.20. The predicted molar refractivity (Wildman–Crippen MR) is 53.4 cm³/mol. The molecular formula is C10H22N2. The molecule has 1 aliphatic heterocycles. The normalized spacial score (nSPS) is 28.8. The van der Waals surface area contributed by atoms with Gasteiger partial charge in [0.1, 0.15) is 0 Å². The van der Waals surface area contributed by atoms with Crippen LogP contribution in [0.1, 0.15) is 34.6 Å². The molecule has 0 unspecified atom stereocenters. The van der Waals surface area contributed by atoms with Gasteiger partial charge in [0.05, 0.1) is 0 Å². The molecule has 0 aromatic heterocycles. The van der Waals surface area contributed by atoms with Crippen molar-refractivity contribution in [3.05, 3.63) is 0 Å². The molecule has 0 aromatic rings. The highest BCUT2D eigenvalue weighted by atomic mass is 15.2. The number of likely N-dealkylation sites (N-methyl/N-ethyl adjacent to an activating group) is 1. The van der Waals surface area contributed by atoms with E-state index in [1.54, 1.807) is 0 Å². The fraction of sp³-hybridized carbons (Fsp3) is 1.00. The first kappa shape index (κ1) is 10.0. The van der Waals surface area contributed by atoms with Crippen molar-refractivity contribution in [2.45, 2.75) is 45.7 Å². The number of piperazine rings is 1. The quantitative estimate of drug-likeness (QED) is 0.641. The van der Waals surface area contributed by atoms with Crippen molar-refractivity contribution >= 4 is 0 Å². The van der Waals surface area contributed by atoms with E-state index in [0.29, 0.717) is 0 Å². The minimum atomic E-state index is 0.262. The Balaban J connectivity index is 2.66. The van der Waals surface area contributed by atoms with Crippen molar-refractivity contribution in [1.29, 1.82) is 0 Å². The van der Waals surface area contributed by atoms with Gasteiger partial charge in [-0.1, -0.05) is 6.92 Å². The summed E-state index contributed by atoms with van der Waals surface area (Å²) in [5.41, 5.74) is 0.523. The molecule has 0 radical (unpaired) electrons. The van der Waals surface area contributed by atoms with Crippen LogP contribution in [0, 0.1) is 0 Å². The fourth-order valence-corrected chi connectivity index (χ4v) is 2.39. The van der Waals surface area contributed by atoms with Crippen LogP contribution >= 0.6 is 0 Å². The van der Waals surface area contributed by atoms with Gasteiger partial charge >= 0.3 is 0 Å². The highest BCUT2D eigenvalue weighted by Crippen LogP contribution is 2.19. The standard InChI is InChI=1S/C10H22N2/c1-6-12-7-9(2,3)11-10(4,5)8-12/h11H,6-8H2,1-5H3. The van der Waals surface area contributed by atoms with E-state index < -0.39 is 0 Å². The van der Waals surface area contributed by atoms with E-state index >= 15 is 0 Å². The van der Waals surface area contributed by atoms with Crippen molar-refractivity contribution in [3.8, 4) is 0 Å². The average Bonchev–Trinajstić information content (AvgIpc) is 1.80. The predicted octanol–water partition coefficient (Wildman–Crippen LogP) is 1.47. The SMILES string of the molecule is CCN1CC(C)(C)NC(C)(C)C1. The van der Waals surface area contributed by atoms with Gasteiger partial charge in [-0.2, -0.15) is 0 Å². The molecule has 1 rings (SSSR count). The van der Waals surface area contributed by atoms with Gasteiger partial charge in [-0.25, -0.2) is 0 Å². The smallest absolute Gasteiger partial charge is 0.0257 e. The zero-order chi connectivity index (χ0) is 9.41. The summed E-state index contributed by atoms with van der Waals surface area (Å²) < 4.78 is 0. The second kappa shape index (κ2) is 3.00. The number of nitrogens with zero attached hydrogens (tertiary/aromatic N) is 1. The lowest BCUT2D eigenvalue weighted by Gasteiger charge is -2.48. The molecule has 2 heteroatoms. The van der Waals surface area contributed by atoms with Crippen LogP contribution in [0.15, 0.2) is 0 Å². The van der Waals surface area contributed by atoms with Crippen molar-refractivity contribution in [3.63, 3.8) is 0 Å². The zero-order valence-electron chi connectivity index (χ0n) is 9.07. The third-order valence-electron chi connectivity index (χ3n) is 2.36. The number of rotatable bonds is 1. The Labute approximate surface area is 76.3 Å². The Morgan fingerprint density at radius 1 is 1.08 bits per heavy atom. The molecule has 2 nitrogen and oxygen atoms in total. The summed E-state index contributed by atoms with van der Waals surface area (Å²) in [4.78, 5) is 2.51. The van der Waals surface area contributed by atoms with E-state index in [2.05, 4.69) is 44.8 Å². The summed E-state index contributed by atoms with van der Waals surface area (Å²) in [5, 5.41) is 3.65. The van der Waals surface area contributed by atoms with Gasteiger partial charge in [0, 0.05) is 24.2 Å². The Bertz CT molecular complexity index is 145. The molecule has 1 heterocycles. The van der Waals surface area contributed by atoms with Crippen LogP contribution in [0.4, 0.5) is 0 Å². The molecule has 72 valence electrons. The molecule has 1 fully saturated rings. The summed E-state index contributed by atoms with van der Waals surface area (Å²) in [6.07, 6.45) is 0. The van der Waals surface area contributed by atoms with Gasteiger partial charge in [-0.15, -0.1) is 0 Å². The van der Waals surface area contributed by atoms with E-state index in [0.717, 1.165) is 19.6 Å². The highest BCUT2D eigenvalue weighted by molar-refractivity contribution is 4.97. The third-order valence-corrected chi connectivity index (χ3v) is 2.36. The minimum Gasteiger partial charge on any atom is -0.304 e. The Morgan fingerprint density at radius 2 is 1.50 bits per heavy atom. The Hall–Kier alpha value is -0.0800. The Kier molecular flexibility index (Phi) is 2.50. The Morgan fingerprint density at radius 3 is 1.83 bits per heavy atom. The van der Waals surface area contributed by atoms with Crippen LogP contribution in [0.3, 0.4) is 0 Å². The molecule has 1 aliphatic rings. The van der Waals surface area contributed by atoms with Gasteiger partial charge in [-0.3, -0.25) is 4.90 Å². The molecular weight excluding hydrogens is 148 g/mol. The van der Waals surface area contributed by atoms with Crippen molar-refractivity contribution in [2.75, 3.05) is 19.6 Å². The van der Waals surface area contributed by atoms with Crippen LogP contribution < -0.4 is 5.32 Å². The molecule has 0 spiro atoms. The highest BCUT2D eigenvalue weighted by Gasteiger charge is 2.35. The maximum absolute atomic E-state index is 3.65. The van der Waals surface area contributed by atoms with Gasteiger partial charge in [0.2, 0.25) is 0 Å². The first-order valence-electron chi connectivity index (χ1n) is 4.86. The van der Waals surface area contributed by atoms with E-state index in [-0.39, 0.29) is 11.1 Å². The lowest BCUT2D eigenvalue weighted by molar-refractivity contribution is 0.0825. The van der Waals surface area contributed by atoms with Crippen molar-refractivity contribution < 1.29 is 0 Å². The lowest BCUT2D eigenvalue weighted by Crippen LogP contribution is -2.66. The monoisotopic (exact) mass is 170 g/mol. The molecule has 0 atom stereocenters. The molecule has 1 N–H and O–H groups in total. The summed E-state index contributed by atoms with van der Waals surface area (Å²) in [5.74, 6) is 0. The van der Waals surface area contributed by atoms with Crippen LogP contribution in [-0.4, -0.2) is 35.6 Å². The van der Waals surface area contributed by atoms with Crippen LogP contribution in [0.5, 0.6) is 0 Å². The third kappa shape index (κ3) is 2.46. The molecule has 0 amide bonds. The molecule has 12 heavy (non-hydrogen) atoms. The van der Waals surface area contributed by atoms with Crippen LogP contribution in [-0.2, 0) is 0 Å². The maximum atomic E-state index is 3.65. The molecule has 1 saturated heterocycles. The average molecular weight is 170 g/mol. The van der Waals surface area contributed by atoms with E-state index in [1.165, 1.54) is 0 Å². The summed E-state index contributed by atoms with van der Waals surface area (Å²) in [6.45, 7) is 14.8. The van der Waals surface area contributed by atoms with Gasteiger partial charge < -0.3 is 5.32 Å². The van der Waals surface area contributed by atoms with Crippen molar-refractivity contribution in [2.24, 2.45) is 0 Å². The van der Waals surface area contributed by atoms with Crippen LogP contribution in [0.25, 0.3) is 0 Å². The zero-order valence-corrected chi connectivity index (χ0v) is 9.07. The van der Waals surface area contributed by atoms with E-state index in [9.17, 15) is 0 Å². The fourth-order valence-electron chi connectivity index (χ4n) is 2.39. The van der Waals surface area contributed by atoms with Gasteiger partial charge in [-0.05, 0) is 34.2 Å². The first-order valence-corrected chi connectivity index (χ1v) is 4.86. The maximum Gasteiger partial charge on any atom is 0.0257 e. The summed E-state index contributed by atoms with van der Waals surface area (Å²) in [6, 6.07) is 0. The molecule has 0 bridgehead atoms. The van der Waals surface area contributed by atoms with Crippen LogP contribution in [0.2, 0.25) is 0 Å². The van der Waals surface area contributed by atoms with Crippen molar-refractivity contribution in [1.82, 2.24) is 10.2 Å². The largest absolute Gasteiger partial charge is 0.304 e. The first-order chi connectivity index (χ1) is 5.35. The second-order valence-corrected chi connectivity index (χ2v) is 5.20. The minimum absolute atomic E-state index is 0.262. The van der Waals surface area contributed by atoms with Gasteiger partial charge in [0.15, 0.2) is 0 Å². The lowest BCUT2D eigenvalue weighted by atomic mass is 9.91. The summed E-state index contributed by atoms with van der Waals surface area (Å²) in [7, 11) is 0. The van der Waals surface area contributed by atoms with Gasteiger partial charge in [0.25, 0.3) is 0 Å². The van der Waals surface area contributed by atoms with E-state index in [1.807, 2.05) is 0 Å². The number of hydrogen-bond acceptors (Lipinski definition) is 2. The molecule has 0 aliphatic carbocycles. The number of hydrogen-bond donors (Lipinski definition) is 1. The summed E-state index contributed by atoms with van der Waals surface area (Å²) >= 11 is 0. The number of nitrogens with one attached hydrogen (secondary N) is 1. The van der Waals surface area contributed by atoms with E-state index in [4.69, 9.17) is 0 Å². The molecule has 0 saturated carbocycles. The molecule has 0 aromatic carbocycles.